The third kappa shape index (κ3) is 4.38. The molecule has 5 aromatic rings. The number of carbonyl (C=O) groups excluding carboxylic acids is 1. The summed E-state index contributed by atoms with van der Waals surface area (Å²) in [4.78, 5) is 13.6. The van der Waals surface area contributed by atoms with Gasteiger partial charge in [0.05, 0.1) is 11.7 Å². The van der Waals surface area contributed by atoms with Gasteiger partial charge in [-0.2, -0.15) is 5.10 Å². The molecular weight excluding hydrogens is 429 g/mol. The molecule has 0 saturated heterocycles. The average Bonchev–Trinajstić information content (AvgIpc) is 3.51. The van der Waals surface area contributed by atoms with Crippen LogP contribution in [0.3, 0.4) is 0 Å². The number of carbonyl (C=O) groups is 1. The summed E-state index contributed by atoms with van der Waals surface area (Å²) in [6, 6.07) is 30.4. The maximum Gasteiger partial charge on any atom is 0.270 e. The van der Waals surface area contributed by atoms with Gasteiger partial charge >= 0.3 is 0 Å². The van der Waals surface area contributed by atoms with Crippen LogP contribution in [0.2, 0.25) is 0 Å². The lowest BCUT2D eigenvalue weighted by Crippen LogP contribution is -2.31. The molecule has 3 aromatic carbocycles. The minimum atomic E-state index is -0.364. The van der Waals surface area contributed by atoms with Gasteiger partial charge in [-0.05, 0) is 54.4 Å². The molecule has 0 aliphatic heterocycles. The van der Waals surface area contributed by atoms with E-state index in [1.807, 2.05) is 79.7 Å². The van der Waals surface area contributed by atoms with E-state index in [2.05, 4.69) is 10.4 Å². The Labute approximate surface area is 196 Å². The molecule has 34 heavy (non-hydrogen) atoms. The monoisotopic (exact) mass is 451 g/mol. The molecule has 0 bridgehead atoms. The number of aromatic nitrogens is 2. The van der Waals surface area contributed by atoms with Crippen molar-refractivity contribution in [1.29, 1.82) is 0 Å². The zero-order chi connectivity index (χ0) is 23.5. The topological polar surface area (TPSA) is 60.1 Å². The Morgan fingerprint density at radius 2 is 1.50 bits per heavy atom. The van der Waals surface area contributed by atoms with Crippen molar-refractivity contribution in [3.05, 3.63) is 132 Å². The first kappa shape index (κ1) is 21.4. The second-order valence-corrected chi connectivity index (χ2v) is 7.94. The predicted molar refractivity (Wildman–Crippen MR) is 128 cm³/mol. The molecule has 0 saturated carbocycles. The Balaban J connectivity index is 1.56. The summed E-state index contributed by atoms with van der Waals surface area (Å²) in [5.74, 6) is 0.613. The highest BCUT2D eigenvalue weighted by molar-refractivity contribution is 5.94. The number of hydrogen-bond donors (Lipinski definition) is 1. The standard InChI is InChI=1S/C28H22FN3O2/c1-19-12-17-26(34-19)24-18-25(32(31-24)23-15-13-22(29)14-16-23)28(33)30-27(20-8-4-2-5-9-20)21-10-6-3-7-11-21/h2-18,27H,1H3,(H,30,33). The van der Waals surface area contributed by atoms with Gasteiger partial charge in [0, 0.05) is 6.07 Å². The Morgan fingerprint density at radius 3 is 2.06 bits per heavy atom. The van der Waals surface area contributed by atoms with Gasteiger partial charge in [-0.1, -0.05) is 60.7 Å². The van der Waals surface area contributed by atoms with E-state index in [4.69, 9.17) is 4.42 Å². The highest BCUT2D eigenvalue weighted by Gasteiger charge is 2.23. The van der Waals surface area contributed by atoms with Crippen LogP contribution in [0.1, 0.15) is 33.4 Å². The third-order valence-corrected chi connectivity index (χ3v) is 5.55. The Hall–Kier alpha value is -4.45. The van der Waals surface area contributed by atoms with Gasteiger partial charge in [-0.25, -0.2) is 9.07 Å². The smallest absolute Gasteiger partial charge is 0.270 e. The van der Waals surface area contributed by atoms with Crippen molar-refractivity contribution < 1.29 is 13.6 Å². The molecule has 2 heterocycles. The van der Waals surface area contributed by atoms with Gasteiger partial charge in [-0.15, -0.1) is 0 Å². The number of nitrogens with zero attached hydrogens (tertiary/aromatic N) is 2. The van der Waals surface area contributed by atoms with Crippen LogP contribution in [0.5, 0.6) is 0 Å². The van der Waals surface area contributed by atoms with Gasteiger partial charge in [-0.3, -0.25) is 4.79 Å². The molecule has 0 atom stereocenters. The molecule has 6 heteroatoms. The SMILES string of the molecule is Cc1ccc(-c2cc(C(=O)NC(c3ccccc3)c3ccccc3)n(-c3ccc(F)cc3)n2)o1. The number of nitrogens with one attached hydrogen (secondary N) is 1. The van der Waals surface area contributed by atoms with Crippen LogP contribution >= 0.6 is 0 Å². The second kappa shape index (κ2) is 9.19. The summed E-state index contributed by atoms with van der Waals surface area (Å²) in [6.45, 7) is 1.85. The van der Waals surface area contributed by atoms with Crippen LogP contribution in [0, 0.1) is 12.7 Å². The number of halogens is 1. The number of amides is 1. The van der Waals surface area contributed by atoms with Crippen molar-refractivity contribution in [2.75, 3.05) is 0 Å². The summed E-state index contributed by atoms with van der Waals surface area (Å²) >= 11 is 0. The minimum Gasteiger partial charge on any atom is -0.460 e. The van der Waals surface area contributed by atoms with Crippen molar-refractivity contribution in [2.45, 2.75) is 13.0 Å². The molecule has 2 aromatic heterocycles. The molecule has 0 spiro atoms. The third-order valence-electron chi connectivity index (χ3n) is 5.55. The minimum absolute atomic E-state index is 0.313. The van der Waals surface area contributed by atoms with Crippen molar-refractivity contribution in [2.24, 2.45) is 0 Å². The van der Waals surface area contributed by atoms with Gasteiger partial charge in [0.1, 0.15) is 23.0 Å². The van der Waals surface area contributed by atoms with Crippen LogP contribution < -0.4 is 5.32 Å². The van der Waals surface area contributed by atoms with E-state index in [0.29, 0.717) is 22.8 Å². The molecule has 0 fully saturated rings. The molecule has 5 rings (SSSR count). The number of benzene rings is 3. The Bertz CT molecular complexity index is 1370. The Morgan fingerprint density at radius 1 is 0.882 bits per heavy atom. The van der Waals surface area contributed by atoms with E-state index in [0.717, 1.165) is 16.9 Å². The highest BCUT2D eigenvalue weighted by Crippen LogP contribution is 2.26. The van der Waals surface area contributed by atoms with Crippen LogP contribution in [-0.2, 0) is 0 Å². The van der Waals surface area contributed by atoms with Gasteiger partial charge in [0.2, 0.25) is 0 Å². The van der Waals surface area contributed by atoms with Crippen LogP contribution in [0.25, 0.3) is 17.1 Å². The fourth-order valence-corrected chi connectivity index (χ4v) is 3.87. The van der Waals surface area contributed by atoms with Crippen LogP contribution in [0.15, 0.2) is 108 Å². The number of hydrogen-bond acceptors (Lipinski definition) is 3. The van der Waals surface area contributed by atoms with Crippen LogP contribution in [-0.4, -0.2) is 15.7 Å². The highest BCUT2D eigenvalue weighted by atomic mass is 19.1. The van der Waals surface area contributed by atoms with E-state index in [-0.39, 0.29) is 17.8 Å². The van der Waals surface area contributed by atoms with Crippen molar-refractivity contribution in [3.63, 3.8) is 0 Å². The van der Waals surface area contributed by atoms with Gasteiger partial charge in [0.25, 0.3) is 5.91 Å². The molecular formula is C28H22FN3O2. The zero-order valence-electron chi connectivity index (χ0n) is 18.5. The van der Waals surface area contributed by atoms with Gasteiger partial charge < -0.3 is 9.73 Å². The van der Waals surface area contributed by atoms with E-state index >= 15 is 0 Å². The van der Waals surface area contributed by atoms with E-state index in [1.165, 1.54) is 16.8 Å². The lowest BCUT2D eigenvalue weighted by atomic mass is 9.98. The zero-order valence-corrected chi connectivity index (χ0v) is 18.5. The van der Waals surface area contributed by atoms with Crippen molar-refractivity contribution in [3.8, 4) is 17.1 Å². The molecule has 0 radical (unpaired) electrons. The largest absolute Gasteiger partial charge is 0.460 e. The molecule has 5 nitrogen and oxygen atoms in total. The molecule has 1 N–H and O–H groups in total. The number of furan rings is 1. The van der Waals surface area contributed by atoms with E-state index in [1.54, 1.807) is 18.2 Å². The average molecular weight is 452 g/mol. The van der Waals surface area contributed by atoms with E-state index in [9.17, 15) is 9.18 Å². The first-order chi connectivity index (χ1) is 16.6. The quantitative estimate of drug-likeness (QED) is 0.339. The molecule has 1 amide bonds. The number of rotatable bonds is 6. The lowest BCUT2D eigenvalue weighted by Gasteiger charge is -2.20. The maximum atomic E-state index is 13.6. The Kier molecular flexibility index (Phi) is 5.79. The van der Waals surface area contributed by atoms with Crippen molar-refractivity contribution in [1.82, 2.24) is 15.1 Å². The summed E-state index contributed by atoms with van der Waals surface area (Å²) < 4.78 is 20.8. The summed E-state index contributed by atoms with van der Waals surface area (Å²) in [5.41, 5.74) is 3.30. The second-order valence-electron chi connectivity index (χ2n) is 7.94. The lowest BCUT2D eigenvalue weighted by molar-refractivity contribution is 0.0935. The fraction of sp³-hybridized carbons (Fsp3) is 0.0714. The first-order valence-corrected chi connectivity index (χ1v) is 10.9. The summed E-state index contributed by atoms with van der Waals surface area (Å²) in [6.07, 6.45) is 0. The first-order valence-electron chi connectivity index (χ1n) is 10.9. The number of aryl methyl sites for hydroxylation is 1. The van der Waals surface area contributed by atoms with Gasteiger partial charge in [0.15, 0.2) is 5.76 Å². The summed E-state index contributed by atoms with van der Waals surface area (Å²) in [5, 5.41) is 7.76. The molecule has 168 valence electrons. The molecule has 0 aliphatic carbocycles. The molecule has 0 aliphatic rings. The molecule has 0 unspecified atom stereocenters. The fourth-order valence-electron chi connectivity index (χ4n) is 3.87. The van der Waals surface area contributed by atoms with Crippen molar-refractivity contribution >= 4 is 5.91 Å². The van der Waals surface area contributed by atoms with Crippen LogP contribution in [0.4, 0.5) is 4.39 Å². The summed E-state index contributed by atoms with van der Waals surface area (Å²) in [7, 11) is 0. The normalized spacial score (nSPS) is 11.0. The van der Waals surface area contributed by atoms with E-state index < -0.39 is 0 Å². The maximum absolute atomic E-state index is 13.6. The predicted octanol–water partition coefficient (Wildman–Crippen LogP) is 6.10.